The van der Waals surface area contributed by atoms with Crippen molar-refractivity contribution in [2.75, 3.05) is 50.7 Å². The molecule has 6 heteroatoms. The van der Waals surface area contributed by atoms with E-state index in [1.165, 1.54) is 19.2 Å². The van der Waals surface area contributed by atoms with Crippen LogP contribution in [0.25, 0.3) is 0 Å². The van der Waals surface area contributed by atoms with Crippen LogP contribution in [-0.4, -0.2) is 71.5 Å². The largest absolute Gasteiger partial charge is 0.354 e. The van der Waals surface area contributed by atoms with E-state index in [1.807, 2.05) is 11.0 Å². The minimum atomic E-state index is 0.0581. The molecule has 0 aliphatic carbocycles. The normalized spacial score (nSPS) is 20.4. The molecular weight excluding hydrogens is 290 g/mol. The van der Waals surface area contributed by atoms with Gasteiger partial charge in [-0.05, 0) is 19.4 Å². The van der Waals surface area contributed by atoms with Crippen LogP contribution in [-0.2, 0) is 0 Å². The molecule has 0 aromatic carbocycles. The fourth-order valence-electron chi connectivity index (χ4n) is 3.37. The zero-order valence-electron chi connectivity index (χ0n) is 14.1. The highest BCUT2D eigenvalue weighted by atomic mass is 16.2. The lowest BCUT2D eigenvalue weighted by Crippen LogP contribution is -2.46. The van der Waals surface area contributed by atoms with Crippen LogP contribution in [0.15, 0.2) is 12.4 Å². The molecule has 23 heavy (non-hydrogen) atoms. The van der Waals surface area contributed by atoms with E-state index >= 15 is 0 Å². The molecule has 0 unspecified atom stereocenters. The number of rotatable bonds is 3. The van der Waals surface area contributed by atoms with Gasteiger partial charge in [-0.1, -0.05) is 19.8 Å². The van der Waals surface area contributed by atoms with Gasteiger partial charge in [-0.2, -0.15) is 0 Å². The van der Waals surface area contributed by atoms with Crippen molar-refractivity contribution in [3.05, 3.63) is 18.1 Å². The van der Waals surface area contributed by atoms with E-state index < -0.39 is 0 Å². The number of carbonyl (C=O) groups is 1. The van der Waals surface area contributed by atoms with Gasteiger partial charge >= 0.3 is 0 Å². The first kappa shape index (κ1) is 16.2. The maximum absolute atomic E-state index is 12.7. The van der Waals surface area contributed by atoms with E-state index in [-0.39, 0.29) is 5.91 Å². The Labute approximate surface area is 138 Å². The molecule has 2 aliphatic heterocycles. The monoisotopic (exact) mass is 317 g/mol. The van der Waals surface area contributed by atoms with Crippen molar-refractivity contribution in [1.82, 2.24) is 19.8 Å². The van der Waals surface area contributed by atoms with E-state index in [0.29, 0.717) is 5.69 Å². The number of carbonyl (C=O) groups excluding carboxylic acids is 1. The van der Waals surface area contributed by atoms with Gasteiger partial charge in [-0.15, -0.1) is 0 Å². The Hall–Kier alpha value is -1.69. The fraction of sp³-hybridized carbons (Fsp3) is 0.706. The molecule has 0 saturated carbocycles. The quantitative estimate of drug-likeness (QED) is 0.848. The Kier molecular flexibility index (Phi) is 5.43. The number of nitrogens with zero attached hydrogens (tertiary/aromatic N) is 5. The number of likely N-dealkylation sites (tertiary alicyclic amines) is 1. The van der Waals surface area contributed by atoms with Crippen LogP contribution in [0.3, 0.4) is 0 Å². The van der Waals surface area contributed by atoms with Gasteiger partial charge in [-0.3, -0.25) is 4.79 Å². The van der Waals surface area contributed by atoms with Crippen LogP contribution in [0.2, 0.25) is 0 Å². The second kappa shape index (κ2) is 7.73. The minimum Gasteiger partial charge on any atom is -0.354 e. The summed E-state index contributed by atoms with van der Waals surface area (Å²) in [7, 11) is 0. The molecule has 0 radical (unpaired) electrons. The third-order valence-corrected chi connectivity index (χ3v) is 4.91. The lowest BCUT2D eigenvalue weighted by Gasteiger charge is -2.34. The predicted octanol–water partition coefficient (Wildman–Crippen LogP) is 1.63. The standard InChI is InChI=1S/C17H27N5O/c1-2-20-9-11-21(12-10-20)16-13-15(18-14-19-16)17(23)22-7-5-3-4-6-8-22/h13-14H,2-12H2,1H3. The van der Waals surface area contributed by atoms with Crippen LogP contribution in [0.4, 0.5) is 5.82 Å². The van der Waals surface area contributed by atoms with Crippen molar-refractivity contribution in [3.8, 4) is 0 Å². The fourth-order valence-corrected chi connectivity index (χ4v) is 3.37. The van der Waals surface area contributed by atoms with E-state index in [9.17, 15) is 4.79 Å². The Morgan fingerprint density at radius 1 is 1.00 bits per heavy atom. The van der Waals surface area contributed by atoms with E-state index in [2.05, 4.69) is 26.7 Å². The molecule has 0 N–H and O–H groups in total. The highest BCUT2D eigenvalue weighted by Gasteiger charge is 2.21. The highest BCUT2D eigenvalue weighted by Crippen LogP contribution is 2.17. The topological polar surface area (TPSA) is 52.6 Å². The van der Waals surface area contributed by atoms with Crippen molar-refractivity contribution in [1.29, 1.82) is 0 Å². The number of aromatic nitrogens is 2. The maximum Gasteiger partial charge on any atom is 0.272 e. The number of likely N-dealkylation sites (N-methyl/N-ethyl adjacent to an activating group) is 1. The van der Waals surface area contributed by atoms with Crippen molar-refractivity contribution < 1.29 is 4.79 Å². The number of piperazine rings is 1. The third-order valence-electron chi connectivity index (χ3n) is 4.91. The lowest BCUT2D eigenvalue weighted by atomic mass is 10.2. The molecule has 126 valence electrons. The summed E-state index contributed by atoms with van der Waals surface area (Å²) in [6.07, 6.45) is 6.18. The Morgan fingerprint density at radius 2 is 1.70 bits per heavy atom. The molecule has 1 amide bonds. The first-order valence-electron chi connectivity index (χ1n) is 8.86. The van der Waals surface area contributed by atoms with E-state index in [0.717, 1.165) is 64.5 Å². The molecule has 2 aliphatic rings. The molecule has 6 nitrogen and oxygen atoms in total. The summed E-state index contributed by atoms with van der Waals surface area (Å²) < 4.78 is 0. The molecule has 1 aromatic rings. The molecule has 0 bridgehead atoms. The molecular formula is C17H27N5O. The minimum absolute atomic E-state index is 0.0581. The van der Waals surface area contributed by atoms with Gasteiger partial charge in [0.25, 0.3) is 5.91 Å². The van der Waals surface area contributed by atoms with Gasteiger partial charge in [0.05, 0.1) is 0 Å². The zero-order valence-corrected chi connectivity index (χ0v) is 14.1. The summed E-state index contributed by atoms with van der Waals surface area (Å²) in [6, 6.07) is 1.87. The Balaban J connectivity index is 1.68. The van der Waals surface area contributed by atoms with Crippen molar-refractivity contribution in [2.24, 2.45) is 0 Å². The van der Waals surface area contributed by atoms with Crippen LogP contribution in [0, 0.1) is 0 Å². The van der Waals surface area contributed by atoms with Crippen LogP contribution in [0.1, 0.15) is 43.1 Å². The van der Waals surface area contributed by atoms with Gasteiger partial charge in [0, 0.05) is 45.3 Å². The van der Waals surface area contributed by atoms with Gasteiger partial charge in [0.15, 0.2) is 0 Å². The van der Waals surface area contributed by atoms with Crippen molar-refractivity contribution in [3.63, 3.8) is 0 Å². The average molecular weight is 317 g/mol. The number of hydrogen-bond donors (Lipinski definition) is 0. The summed E-state index contributed by atoms with van der Waals surface area (Å²) in [5.74, 6) is 0.941. The molecule has 0 atom stereocenters. The van der Waals surface area contributed by atoms with Crippen LogP contribution < -0.4 is 4.90 Å². The summed E-state index contributed by atoms with van der Waals surface area (Å²) >= 11 is 0. The first-order valence-corrected chi connectivity index (χ1v) is 8.86. The summed E-state index contributed by atoms with van der Waals surface area (Å²) in [5, 5.41) is 0. The number of amides is 1. The third kappa shape index (κ3) is 3.99. The molecule has 3 heterocycles. The first-order chi connectivity index (χ1) is 11.3. The second-order valence-electron chi connectivity index (χ2n) is 6.39. The van der Waals surface area contributed by atoms with Crippen molar-refractivity contribution in [2.45, 2.75) is 32.6 Å². The molecule has 2 saturated heterocycles. The van der Waals surface area contributed by atoms with E-state index in [4.69, 9.17) is 0 Å². The molecule has 1 aromatic heterocycles. The number of hydrogen-bond acceptors (Lipinski definition) is 5. The SMILES string of the molecule is CCN1CCN(c2cc(C(=O)N3CCCCCC3)ncn2)CC1. The lowest BCUT2D eigenvalue weighted by molar-refractivity contribution is 0.0755. The summed E-state index contributed by atoms with van der Waals surface area (Å²) in [6.45, 7) is 9.02. The zero-order chi connectivity index (χ0) is 16.1. The summed E-state index contributed by atoms with van der Waals surface area (Å²) in [5.41, 5.74) is 0.537. The number of anilines is 1. The maximum atomic E-state index is 12.7. The van der Waals surface area contributed by atoms with Crippen LogP contribution >= 0.6 is 0 Å². The average Bonchev–Trinajstić information content (AvgIpc) is 2.91. The molecule has 2 fully saturated rings. The van der Waals surface area contributed by atoms with Gasteiger partial charge in [0.1, 0.15) is 17.8 Å². The molecule has 3 rings (SSSR count). The van der Waals surface area contributed by atoms with Crippen LogP contribution in [0.5, 0.6) is 0 Å². The molecule has 0 spiro atoms. The predicted molar refractivity (Wildman–Crippen MR) is 90.7 cm³/mol. The smallest absolute Gasteiger partial charge is 0.272 e. The second-order valence-corrected chi connectivity index (χ2v) is 6.39. The van der Waals surface area contributed by atoms with Crippen molar-refractivity contribution >= 4 is 11.7 Å². The van der Waals surface area contributed by atoms with Gasteiger partial charge in [0.2, 0.25) is 0 Å². The summed E-state index contributed by atoms with van der Waals surface area (Å²) in [4.78, 5) is 28.0. The Bertz CT molecular complexity index is 519. The Morgan fingerprint density at radius 3 is 2.35 bits per heavy atom. The van der Waals surface area contributed by atoms with Gasteiger partial charge in [-0.25, -0.2) is 9.97 Å². The van der Waals surface area contributed by atoms with Gasteiger partial charge < -0.3 is 14.7 Å². The highest BCUT2D eigenvalue weighted by molar-refractivity contribution is 5.93. The van der Waals surface area contributed by atoms with E-state index in [1.54, 1.807) is 0 Å².